The molecule has 2 rings (SSSR count). The molecule has 116 valence electrons. The Bertz CT molecular complexity index is 664. The number of hydrogen-bond donors (Lipinski definition) is 2. The third-order valence-corrected chi connectivity index (χ3v) is 3.18. The summed E-state index contributed by atoms with van der Waals surface area (Å²) in [5, 5.41) is 13.5. The Morgan fingerprint density at radius 2 is 2.09 bits per heavy atom. The molecule has 0 aliphatic carbocycles. The van der Waals surface area contributed by atoms with Gasteiger partial charge in [-0.15, -0.1) is 0 Å². The number of carbonyl (C=O) groups excluding carboxylic acids is 1. The second kappa shape index (κ2) is 6.25. The first-order chi connectivity index (χ1) is 10.4. The van der Waals surface area contributed by atoms with Crippen molar-refractivity contribution in [2.24, 2.45) is 10.7 Å². The molecule has 8 nitrogen and oxygen atoms in total. The lowest BCUT2D eigenvalue weighted by atomic mass is 9.96. The van der Waals surface area contributed by atoms with Gasteiger partial charge in [0, 0.05) is 17.8 Å². The maximum absolute atomic E-state index is 12.1. The fraction of sp³-hybridized carbons (Fsp3) is 0.286. The number of guanidine groups is 1. The number of rotatable bonds is 4. The highest BCUT2D eigenvalue weighted by Crippen LogP contribution is 2.31. The number of carbonyl (C=O) groups is 1. The Balaban J connectivity index is 2.42. The summed E-state index contributed by atoms with van der Waals surface area (Å²) >= 11 is 0. The molecular formula is C14H16N4O4. The highest BCUT2D eigenvalue weighted by molar-refractivity contribution is 5.94. The van der Waals surface area contributed by atoms with Crippen LogP contribution in [0.4, 0.5) is 5.69 Å². The monoisotopic (exact) mass is 304 g/mol. The summed E-state index contributed by atoms with van der Waals surface area (Å²) in [4.78, 5) is 26.6. The van der Waals surface area contributed by atoms with Crippen molar-refractivity contribution in [3.05, 3.63) is 51.2 Å². The van der Waals surface area contributed by atoms with Crippen LogP contribution >= 0.6 is 0 Å². The van der Waals surface area contributed by atoms with Gasteiger partial charge in [0.25, 0.3) is 5.69 Å². The third-order valence-electron chi connectivity index (χ3n) is 3.18. The van der Waals surface area contributed by atoms with E-state index in [1.807, 2.05) is 0 Å². The number of hydrogen-bond acceptors (Lipinski definition) is 7. The Morgan fingerprint density at radius 3 is 2.64 bits per heavy atom. The molecule has 0 unspecified atom stereocenters. The van der Waals surface area contributed by atoms with Crippen LogP contribution in [0.15, 0.2) is 40.5 Å². The predicted octanol–water partition coefficient (Wildman–Crippen LogP) is 1.39. The molecule has 0 radical (unpaired) electrons. The number of nitro benzene ring substituents is 1. The van der Waals surface area contributed by atoms with Gasteiger partial charge >= 0.3 is 5.97 Å². The zero-order valence-corrected chi connectivity index (χ0v) is 12.2. The summed E-state index contributed by atoms with van der Waals surface area (Å²) in [7, 11) is 0. The van der Waals surface area contributed by atoms with E-state index in [4.69, 9.17) is 10.5 Å². The molecule has 0 amide bonds. The quantitative estimate of drug-likeness (QED) is 0.492. The van der Waals surface area contributed by atoms with Gasteiger partial charge in [-0.25, -0.2) is 9.79 Å². The van der Waals surface area contributed by atoms with Crippen LogP contribution in [0.5, 0.6) is 0 Å². The highest BCUT2D eigenvalue weighted by Gasteiger charge is 2.29. The molecule has 1 atom stereocenters. The minimum atomic E-state index is -0.652. The van der Waals surface area contributed by atoms with Crippen LogP contribution in [-0.2, 0) is 9.53 Å². The van der Waals surface area contributed by atoms with Gasteiger partial charge in [-0.3, -0.25) is 10.1 Å². The van der Waals surface area contributed by atoms with E-state index in [0.717, 1.165) is 0 Å². The topological polar surface area (TPSA) is 120 Å². The number of nitro groups is 1. The van der Waals surface area contributed by atoms with Gasteiger partial charge in [0.1, 0.15) is 6.04 Å². The molecule has 8 heteroatoms. The zero-order valence-electron chi connectivity index (χ0n) is 12.2. The maximum atomic E-state index is 12.1. The average Bonchev–Trinajstić information content (AvgIpc) is 2.46. The molecule has 1 aromatic carbocycles. The first-order valence-electron chi connectivity index (χ1n) is 6.66. The molecule has 1 aromatic rings. The molecule has 0 fully saturated rings. The van der Waals surface area contributed by atoms with Gasteiger partial charge in [-0.2, -0.15) is 0 Å². The second-order valence-corrected chi connectivity index (χ2v) is 4.65. The van der Waals surface area contributed by atoms with E-state index in [0.29, 0.717) is 16.8 Å². The Labute approximate surface area is 126 Å². The smallest absolute Gasteiger partial charge is 0.338 e. The van der Waals surface area contributed by atoms with E-state index in [-0.39, 0.29) is 18.3 Å². The highest BCUT2D eigenvalue weighted by atomic mass is 16.6. The minimum Gasteiger partial charge on any atom is -0.463 e. The molecule has 0 aromatic heterocycles. The average molecular weight is 304 g/mol. The first kappa shape index (κ1) is 15.5. The van der Waals surface area contributed by atoms with Crippen molar-refractivity contribution in [1.82, 2.24) is 5.32 Å². The first-order valence-corrected chi connectivity index (χ1v) is 6.66. The second-order valence-electron chi connectivity index (χ2n) is 4.65. The maximum Gasteiger partial charge on any atom is 0.338 e. The van der Waals surface area contributed by atoms with Crippen LogP contribution in [-0.4, -0.2) is 23.5 Å². The standard InChI is InChI=1S/C14H16N4O4/c1-3-22-13(19)11-8(2)16-14(15)17-12(11)9-4-6-10(7-5-9)18(20)21/h4-7,12H,3H2,1-2H3,(H3,15,16,17)/t12-/m0/s1. The van der Waals surface area contributed by atoms with Crippen LogP contribution in [0.25, 0.3) is 0 Å². The molecule has 1 aliphatic rings. The summed E-state index contributed by atoms with van der Waals surface area (Å²) in [6.07, 6.45) is 0. The summed E-state index contributed by atoms with van der Waals surface area (Å²) in [5.41, 5.74) is 7.19. The van der Waals surface area contributed by atoms with Crippen LogP contribution in [0.1, 0.15) is 25.5 Å². The van der Waals surface area contributed by atoms with Gasteiger partial charge in [0.2, 0.25) is 0 Å². The number of nitrogens with zero attached hydrogens (tertiary/aromatic N) is 2. The summed E-state index contributed by atoms with van der Waals surface area (Å²) < 4.78 is 5.05. The van der Waals surface area contributed by atoms with Crippen LogP contribution in [0, 0.1) is 10.1 Å². The molecule has 0 bridgehead atoms. The van der Waals surface area contributed by atoms with Crippen LogP contribution < -0.4 is 11.1 Å². The summed E-state index contributed by atoms with van der Waals surface area (Å²) in [6.45, 7) is 3.65. The van der Waals surface area contributed by atoms with Crippen molar-refractivity contribution < 1.29 is 14.5 Å². The van der Waals surface area contributed by atoms with Gasteiger partial charge in [-0.05, 0) is 31.5 Å². The van der Waals surface area contributed by atoms with E-state index >= 15 is 0 Å². The molecule has 0 saturated carbocycles. The number of benzene rings is 1. The van der Waals surface area contributed by atoms with Crippen molar-refractivity contribution in [2.45, 2.75) is 19.9 Å². The largest absolute Gasteiger partial charge is 0.463 e. The van der Waals surface area contributed by atoms with Gasteiger partial charge in [0.05, 0.1) is 17.1 Å². The Morgan fingerprint density at radius 1 is 1.45 bits per heavy atom. The normalized spacial score (nSPS) is 17.5. The minimum absolute atomic E-state index is 0.0342. The number of allylic oxidation sites excluding steroid dienone is 1. The van der Waals surface area contributed by atoms with Crippen molar-refractivity contribution in [1.29, 1.82) is 0 Å². The van der Waals surface area contributed by atoms with Gasteiger partial charge < -0.3 is 15.8 Å². The van der Waals surface area contributed by atoms with E-state index in [9.17, 15) is 14.9 Å². The summed E-state index contributed by atoms with van der Waals surface area (Å²) in [5.74, 6) is -0.319. The number of aliphatic imine (C=N–C) groups is 1. The Hall–Kier alpha value is -2.90. The van der Waals surface area contributed by atoms with Crippen LogP contribution in [0.3, 0.4) is 0 Å². The van der Waals surface area contributed by atoms with E-state index in [1.54, 1.807) is 26.0 Å². The molecule has 1 aliphatic heterocycles. The fourth-order valence-corrected chi connectivity index (χ4v) is 2.19. The Kier molecular flexibility index (Phi) is 4.40. The van der Waals surface area contributed by atoms with Crippen molar-refractivity contribution >= 4 is 17.6 Å². The number of non-ortho nitro benzene ring substituents is 1. The van der Waals surface area contributed by atoms with Crippen molar-refractivity contribution in [3.63, 3.8) is 0 Å². The molecule has 0 spiro atoms. The molecule has 0 saturated heterocycles. The van der Waals surface area contributed by atoms with E-state index in [2.05, 4.69) is 10.3 Å². The number of esters is 1. The van der Waals surface area contributed by atoms with Gasteiger partial charge in [0.15, 0.2) is 5.96 Å². The third kappa shape index (κ3) is 3.05. The number of nitrogens with one attached hydrogen (secondary N) is 1. The molecule has 1 heterocycles. The SMILES string of the molecule is CCOC(=O)C1=C(C)NC(N)=N[C@H]1c1ccc([N+](=O)[O-])cc1. The summed E-state index contributed by atoms with van der Waals surface area (Å²) in [6, 6.07) is 5.18. The lowest BCUT2D eigenvalue weighted by molar-refractivity contribution is -0.384. The number of ether oxygens (including phenoxy) is 1. The van der Waals surface area contributed by atoms with E-state index < -0.39 is 16.9 Å². The lowest BCUT2D eigenvalue weighted by Gasteiger charge is -2.24. The van der Waals surface area contributed by atoms with Crippen LogP contribution in [0.2, 0.25) is 0 Å². The van der Waals surface area contributed by atoms with E-state index in [1.165, 1.54) is 12.1 Å². The molecule has 3 N–H and O–H groups in total. The predicted molar refractivity (Wildman–Crippen MR) is 79.9 cm³/mol. The van der Waals surface area contributed by atoms with Gasteiger partial charge in [-0.1, -0.05) is 0 Å². The van der Waals surface area contributed by atoms with Crippen molar-refractivity contribution in [2.75, 3.05) is 6.61 Å². The number of nitrogens with two attached hydrogens (primary N) is 1. The fourth-order valence-electron chi connectivity index (χ4n) is 2.19. The molecule has 22 heavy (non-hydrogen) atoms. The van der Waals surface area contributed by atoms with Crippen molar-refractivity contribution in [3.8, 4) is 0 Å². The lowest BCUT2D eigenvalue weighted by Crippen LogP contribution is -2.37. The zero-order chi connectivity index (χ0) is 16.3. The molecular weight excluding hydrogens is 288 g/mol.